The van der Waals surface area contributed by atoms with Crippen LogP contribution in [0.2, 0.25) is 0 Å². The standard InChI is InChI=1S/C17H24N2O3S/c1-3-12-22-15-10-8-14(9-11-15)13-18-16-6-4-5-7-17(16)19-23(2,20)21/h1,8-11,16-19H,4-7,12-13H2,2H3/t16-,17-/m0/s1. The van der Waals surface area contributed by atoms with E-state index < -0.39 is 10.0 Å². The fraction of sp³-hybridized carbons (Fsp3) is 0.529. The molecule has 0 saturated heterocycles. The maximum absolute atomic E-state index is 11.5. The summed E-state index contributed by atoms with van der Waals surface area (Å²) in [6.45, 7) is 0.959. The predicted octanol–water partition coefficient (Wildman–Crippen LogP) is 1.65. The third-order valence-electron chi connectivity index (χ3n) is 3.95. The van der Waals surface area contributed by atoms with Gasteiger partial charge >= 0.3 is 0 Å². The third kappa shape index (κ3) is 6.22. The van der Waals surface area contributed by atoms with Gasteiger partial charge in [0.15, 0.2) is 0 Å². The quantitative estimate of drug-likeness (QED) is 0.743. The summed E-state index contributed by atoms with van der Waals surface area (Å²) in [7, 11) is -3.18. The van der Waals surface area contributed by atoms with Crippen molar-refractivity contribution in [1.82, 2.24) is 10.0 Å². The van der Waals surface area contributed by atoms with E-state index in [-0.39, 0.29) is 18.7 Å². The summed E-state index contributed by atoms with van der Waals surface area (Å²) in [6, 6.07) is 7.89. The fourth-order valence-corrected chi connectivity index (χ4v) is 3.70. The van der Waals surface area contributed by atoms with Crippen LogP contribution in [0.5, 0.6) is 5.75 Å². The molecule has 1 aromatic carbocycles. The molecule has 2 rings (SSSR count). The van der Waals surface area contributed by atoms with Gasteiger partial charge < -0.3 is 10.1 Å². The van der Waals surface area contributed by atoms with Gasteiger partial charge in [-0.25, -0.2) is 13.1 Å². The van der Waals surface area contributed by atoms with Crippen LogP contribution in [-0.4, -0.2) is 33.4 Å². The van der Waals surface area contributed by atoms with Crippen LogP contribution >= 0.6 is 0 Å². The molecule has 0 bridgehead atoms. The Labute approximate surface area is 138 Å². The van der Waals surface area contributed by atoms with Crippen molar-refractivity contribution in [2.45, 2.75) is 44.3 Å². The second-order valence-electron chi connectivity index (χ2n) is 5.91. The van der Waals surface area contributed by atoms with E-state index in [0.29, 0.717) is 6.54 Å². The van der Waals surface area contributed by atoms with E-state index >= 15 is 0 Å². The van der Waals surface area contributed by atoms with E-state index in [4.69, 9.17) is 11.2 Å². The van der Waals surface area contributed by atoms with Crippen LogP contribution < -0.4 is 14.8 Å². The maximum atomic E-state index is 11.5. The van der Waals surface area contributed by atoms with Crippen molar-refractivity contribution < 1.29 is 13.2 Å². The van der Waals surface area contributed by atoms with Gasteiger partial charge in [-0.2, -0.15) is 0 Å². The van der Waals surface area contributed by atoms with Gasteiger partial charge in [0.05, 0.1) is 6.26 Å². The average molecular weight is 336 g/mol. The Morgan fingerprint density at radius 3 is 2.48 bits per heavy atom. The molecule has 1 aliphatic carbocycles. The fourth-order valence-electron chi connectivity index (χ4n) is 2.87. The molecule has 1 aromatic rings. The Morgan fingerprint density at radius 2 is 1.87 bits per heavy atom. The van der Waals surface area contributed by atoms with Crippen LogP contribution in [0.3, 0.4) is 0 Å². The molecular formula is C17H24N2O3S. The molecule has 1 saturated carbocycles. The van der Waals surface area contributed by atoms with Crippen LogP contribution in [0.15, 0.2) is 24.3 Å². The van der Waals surface area contributed by atoms with Crippen molar-refractivity contribution in [1.29, 1.82) is 0 Å². The molecular weight excluding hydrogens is 312 g/mol. The minimum absolute atomic E-state index is 0.0306. The van der Waals surface area contributed by atoms with Crippen LogP contribution in [0.4, 0.5) is 0 Å². The van der Waals surface area contributed by atoms with Crippen molar-refractivity contribution in [3.05, 3.63) is 29.8 Å². The van der Waals surface area contributed by atoms with Crippen LogP contribution in [-0.2, 0) is 16.6 Å². The topological polar surface area (TPSA) is 67.4 Å². The highest BCUT2D eigenvalue weighted by Crippen LogP contribution is 2.20. The number of hydrogen-bond donors (Lipinski definition) is 2. The molecule has 2 atom stereocenters. The highest BCUT2D eigenvalue weighted by atomic mass is 32.2. The normalized spacial score (nSPS) is 21.6. The summed E-state index contributed by atoms with van der Waals surface area (Å²) >= 11 is 0. The highest BCUT2D eigenvalue weighted by molar-refractivity contribution is 7.88. The van der Waals surface area contributed by atoms with Gasteiger partial charge in [0.2, 0.25) is 10.0 Å². The van der Waals surface area contributed by atoms with Gasteiger partial charge in [-0.15, -0.1) is 6.42 Å². The monoisotopic (exact) mass is 336 g/mol. The SMILES string of the molecule is C#CCOc1ccc(CN[C@H]2CCCC[C@@H]2NS(C)(=O)=O)cc1. The smallest absolute Gasteiger partial charge is 0.209 e. The van der Waals surface area contributed by atoms with E-state index in [9.17, 15) is 8.42 Å². The first-order valence-corrected chi connectivity index (χ1v) is 9.73. The molecule has 0 radical (unpaired) electrons. The summed E-state index contributed by atoms with van der Waals surface area (Å²) in [5.41, 5.74) is 1.13. The van der Waals surface area contributed by atoms with Crippen LogP contribution in [0.1, 0.15) is 31.2 Å². The molecule has 1 aliphatic rings. The zero-order chi connectivity index (χ0) is 16.7. The van der Waals surface area contributed by atoms with E-state index in [0.717, 1.165) is 37.0 Å². The second kappa shape index (κ2) is 8.34. The number of terminal acetylenes is 1. The average Bonchev–Trinajstić information content (AvgIpc) is 2.51. The molecule has 0 heterocycles. The first-order valence-electron chi connectivity index (χ1n) is 7.84. The number of benzene rings is 1. The minimum Gasteiger partial charge on any atom is -0.481 e. The van der Waals surface area contributed by atoms with Crippen LogP contribution in [0, 0.1) is 12.3 Å². The molecule has 5 nitrogen and oxygen atoms in total. The molecule has 6 heteroatoms. The van der Waals surface area contributed by atoms with E-state index in [1.165, 1.54) is 6.26 Å². The summed E-state index contributed by atoms with van der Waals surface area (Å²) in [6.07, 6.45) is 10.4. The molecule has 0 aromatic heterocycles. The van der Waals surface area contributed by atoms with E-state index in [1.54, 1.807) is 0 Å². The Hall–Kier alpha value is -1.55. The summed E-state index contributed by atoms with van der Waals surface area (Å²) in [4.78, 5) is 0. The number of nitrogens with one attached hydrogen (secondary N) is 2. The lowest BCUT2D eigenvalue weighted by atomic mass is 9.91. The van der Waals surface area contributed by atoms with E-state index in [1.807, 2.05) is 24.3 Å². The lowest BCUT2D eigenvalue weighted by molar-refractivity contribution is 0.309. The Kier molecular flexibility index (Phi) is 6.46. The molecule has 0 spiro atoms. The van der Waals surface area contributed by atoms with E-state index in [2.05, 4.69) is 16.0 Å². The molecule has 0 amide bonds. The van der Waals surface area contributed by atoms with Crippen molar-refractivity contribution in [2.75, 3.05) is 12.9 Å². The first kappa shape index (κ1) is 17.8. The Morgan fingerprint density at radius 1 is 1.22 bits per heavy atom. The molecule has 1 fully saturated rings. The highest BCUT2D eigenvalue weighted by Gasteiger charge is 2.26. The van der Waals surface area contributed by atoms with Gasteiger partial charge in [-0.1, -0.05) is 30.9 Å². The number of ether oxygens (including phenoxy) is 1. The van der Waals surface area contributed by atoms with Gasteiger partial charge in [-0.05, 0) is 30.5 Å². The lowest BCUT2D eigenvalue weighted by Gasteiger charge is -2.32. The van der Waals surface area contributed by atoms with Crippen molar-refractivity contribution in [3.8, 4) is 18.1 Å². The summed E-state index contributed by atoms with van der Waals surface area (Å²) in [5, 5.41) is 3.47. The Bertz CT molecular complexity index is 635. The van der Waals surface area contributed by atoms with Crippen molar-refractivity contribution in [3.63, 3.8) is 0 Å². The molecule has 126 valence electrons. The summed E-state index contributed by atoms with van der Waals surface area (Å²) in [5.74, 6) is 3.18. The predicted molar refractivity (Wildman–Crippen MR) is 91.6 cm³/mol. The van der Waals surface area contributed by atoms with Gasteiger partial charge in [-0.3, -0.25) is 0 Å². The zero-order valence-corrected chi connectivity index (χ0v) is 14.2. The third-order valence-corrected chi connectivity index (χ3v) is 4.68. The van der Waals surface area contributed by atoms with Crippen LogP contribution in [0.25, 0.3) is 0 Å². The van der Waals surface area contributed by atoms with Crippen molar-refractivity contribution >= 4 is 10.0 Å². The molecule has 0 aliphatic heterocycles. The summed E-state index contributed by atoms with van der Waals surface area (Å²) < 4.78 is 31.0. The largest absolute Gasteiger partial charge is 0.481 e. The van der Waals surface area contributed by atoms with Crippen molar-refractivity contribution in [2.24, 2.45) is 0 Å². The number of rotatable bonds is 7. The van der Waals surface area contributed by atoms with Gasteiger partial charge in [0, 0.05) is 18.6 Å². The van der Waals surface area contributed by atoms with Gasteiger partial charge in [0.1, 0.15) is 12.4 Å². The maximum Gasteiger partial charge on any atom is 0.209 e. The Balaban J connectivity index is 1.89. The zero-order valence-electron chi connectivity index (χ0n) is 13.4. The first-order chi connectivity index (χ1) is 11.0. The minimum atomic E-state index is -3.18. The molecule has 0 unspecified atom stereocenters. The number of hydrogen-bond acceptors (Lipinski definition) is 4. The molecule has 2 N–H and O–H groups in total. The molecule has 23 heavy (non-hydrogen) atoms. The van der Waals surface area contributed by atoms with Gasteiger partial charge in [0.25, 0.3) is 0 Å². The lowest BCUT2D eigenvalue weighted by Crippen LogP contribution is -2.51. The number of sulfonamides is 1. The second-order valence-corrected chi connectivity index (χ2v) is 7.69.